The number of likely N-dealkylation sites (tertiary alicyclic amines) is 1. The number of hydrogen-bond donors (Lipinski definition) is 2. The molecular formula is C29H39N7O3. The van der Waals surface area contributed by atoms with E-state index in [-0.39, 0.29) is 30.3 Å². The van der Waals surface area contributed by atoms with Crippen molar-refractivity contribution >= 4 is 23.5 Å². The molecule has 1 aliphatic heterocycles. The molecule has 10 nitrogen and oxygen atoms in total. The minimum absolute atomic E-state index is 0.109. The van der Waals surface area contributed by atoms with Gasteiger partial charge in [0, 0.05) is 44.3 Å². The van der Waals surface area contributed by atoms with Gasteiger partial charge in [-0.25, -0.2) is 9.97 Å². The molecule has 2 N–H and O–H groups in total. The third kappa shape index (κ3) is 7.00. The Morgan fingerprint density at radius 3 is 2.62 bits per heavy atom. The van der Waals surface area contributed by atoms with Crippen molar-refractivity contribution < 1.29 is 14.4 Å². The van der Waals surface area contributed by atoms with Crippen molar-refractivity contribution in [1.29, 1.82) is 0 Å². The number of amides is 3. The molecule has 39 heavy (non-hydrogen) atoms. The quantitative estimate of drug-likeness (QED) is 0.413. The highest BCUT2D eigenvalue weighted by Crippen LogP contribution is 2.26. The summed E-state index contributed by atoms with van der Waals surface area (Å²) in [5.74, 6) is -0.0548. The lowest BCUT2D eigenvalue weighted by Gasteiger charge is -2.37. The second kappa shape index (κ2) is 12.4. The Balaban J connectivity index is 1.56. The van der Waals surface area contributed by atoms with E-state index in [1.807, 2.05) is 62.2 Å². The highest BCUT2D eigenvalue weighted by molar-refractivity contribution is 5.93. The van der Waals surface area contributed by atoms with Gasteiger partial charge in [-0.1, -0.05) is 51.1 Å². The van der Waals surface area contributed by atoms with Crippen molar-refractivity contribution in [3.8, 4) is 0 Å². The smallest absolute Gasteiger partial charge is 0.274 e. The number of imidazole rings is 1. The molecule has 4 rings (SSSR count). The van der Waals surface area contributed by atoms with Gasteiger partial charge >= 0.3 is 0 Å². The van der Waals surface area contributed by atoms with Crippen molar-refractivity contribution in [2.45, 2.75) is 52.1 Å². The van der Waals surface area contributed by atoms with Crippen LogP contribution in [0.2, 0.25) is 0 Å². The lowest BCUT2D eigenvalue weighted by molar-refractivity contribution is -0.140. The van der Waals surface area contributed by atoms with E-state index in [4.69, 9.17) is 0 Å². The van der Waals surface area contributed by atoms with Crippen molar-refractivity contribution in [2.75, 3.05) is 33.2 Å². The fourth-order valence-electron chi connectivity index (χ4n) is 5.04. The average Bonchev–Trinajstić information content (AvgIpc) is 3.56. The molecule has 0 bridgehead atoms. The van der Waals surface area contributed by atoms with Crippen molar-refractivity contribution in [1.82, 2.24) is 34.8 Å². The Hall–Kier alpha value is -3.79. The first-order valence-electron chi connectivity index (χ1n) is 13.5. The highest BCUT2D eigenvalue weighted by Gasteiger charge is 2.40. The van der Waals surface area contributed by atoms with Gasteiger partial charge in [0.2, 0.25) is 17.6 Å². The summed E-state index contributed by atoms with van der Waals surface area (Å²) in [6.07, 6.45) is 7.47. The zero-order valence-corrected chi connectivity index (χ0v) is 23.3. The van der Waals surface area contributed by atoms with Crippen molar-refractivity contribution in [2.24, 2.45) is 5.41 Å². The van der Waals surface area contributed by atoms with E-state index in [9.17, 15) is 14.4 Å². The van der Waals surface area contributed by atoms with Crippen molar-refractivity contribution in [3.63, 3.8) is 0 Å². The van der Waals surface area contributed by atoms with E-state index in [1.54, 1.807) is 34.8 Å². The molecule has 3 amide bonds. The van der Waals surface area contributed by atoms with Crippen LogP contribution in [0.1, 0.15) is 49.7 Å². The molecule has 208 valence electrons. The van der Waals surface area contributed by atoms with E-state index in [2.05, 4.69) is 20.6 Å². The van der Waals surface area contributed by atoms with Gasteiger partial charge in [-0.15, -0.1) is 0 Å². The highest BCUT2D eigenvalue weighted by atomic mass is 16.2. The Kier molecular flexibility index (Phi) is 8.96. The maximum atomic E-state index is 13.8. The standard InChI is InChI=1S/C29H39N7O3/c1-29(2,3)25(33-24(37)18-30-4)27(39)36-16-8-12-22(36)19-34(17-13-21-10-6-5-7-11-21)26(38)23-20-35-15-9-14-31-28(35)32-23/h5-7,9-11,14-15,20,22,25,30H,8,12-13,16-19H2,1-4H3,(H,33,37). The van der Waals surface area contributed by atoms with Crippen LogP contribution in [0.3, 0.4) is 0 Å². The minimum Gasteiger partial charge on any atom is -0.343 e. The fourth-order valence-corrected chi connectivity index (χ4v) is 5.04. The minimum atomic E-state index is -0.670. The zero-order valence-electron chi connectivity index (χ0n) is 23.3. The molecule has 3 aromatic rings. The molecule has 2 aromatic heterocycles. The Morgan fingerprint density at radius 2 is 1.92 bits per heavy atom. The van der Waals surface area contributed by atoms with Crippen LogP contribution in [0, 0.1) is 5.41 Å². The number of aromatic nitrogens is 3. The molecule has 0 aliphatic carbocycles. The predicted octanol–water partition coefficient (Wildman–Crippen LogP) is 2.16. The van der Waals surface area contributed by atoms with Gasteiger partial charge in [0.25, 0.3) is 5.91 Å². The lowest BCUT2D eigenvalue weighted by Crippen LogP contribution is -2.58. The first-order valence-corrected chi connectivity index (χ1v) is 13.5. The summed E-state index contributed by atoms with van der Waals surface area (Å²) >= 11 is 0. The molecule has 3 heterocycles. The van der Waals surface area contributed by atoms with E-state index in [1.165, 1.54) is 0 Å². The summed E-state index contributed by atoms with van der Waals surface area (Å²) in [6.45, 7) is 7.47. The van der Waals surface area contributed by atoms with Crippen LogP contribution < -0.4 is 10.6 Å². The van der Waals surface area contributed by atoms with Gasteiger partial charge in [0.15, 0.2) is 0 Å². The molecule has 1 saturated heterocycles. The summed E-state index contributed by atoms with van der Waals surface area (Å²) in [6, 6.07) is 11.0. The Morgan fingerprint density at radius 1 is 1.15 bits per heavy atom. The normalized spacial score (nSPS) is 16.3. The van der Waals surface area contributed by atoms with Crippen LogP contribution in [0.15, 0.2) is 55.0 Å². The average molecular weight is 534 g/mol. The molecule has 2 atom stereocenters. The summed E-state index contributed by atoms with van der Waals surface area (Å²) in [7, 11) is 1.70. The van der Waals surface area contributed by atoms with Gasteiger partial charge in [0.05, 0.1) is 6.54 Å². The summed E-state index contributed by atoms with van der Waals surface area (Å²) in [5.41, 5.74) is 0.982. The van der Waals surface area contributed by atoms with Crippen LogP contribution >= 0.6 is 0 Å². The third-order valence-electron chi connectivity index (χ3n) is 7.10. The van der Waals surface area contributed by atoms with Crippen LogP contribution in [0.25, 0.3) is 5.78 Å². The first-order chi connectivity index (χ1) is 18.7. The molecular weight excluding hydrogens is 494 g/mol. The van der Waals surface area contributed by atoms with Crippen LogP contribution in [-0.4, -0.2) is 87.2 Å². The second-order valence-electron chi connectivity index (χ2n) is 11.2. The predicted molar refractivity (Wildman–Crippen MR) is 149 cm³/mol. The molecule has 1 fully saturated rings. The van der Waals surface area contributed by atoms with Gasteiger partial charge < -0.3 is 20.4 Å². The Labute approximate surface area is 229 Å². The topological polar surface area (TPSA) is 112 Å². The number of fused-ring (bicyclic) bond motifs is 1. The zero-order chi connectivity index (χ0) is 28.0. The molecule has 1 aromatic carbocycles. The van der Waals surface area contributed by atoms with E-state index in [0.29, 0.717) is 37.5 Å². The van der Waals surface area contributed by atoms with E-state index < -0.39 is 11.5 Å². The molecule has 2 unspecified atom stereocenters. The maximum absolute atomic E-state index is 13.8. The first kappa shape index (κ1) is 28.2. The molecule has 0 spiro atoms. The monoisotopic (exact) mass is 533 g/mol. The number of carbonyl (C=O) groups excluding carboxylic acids is 3. The number of benzene rings is 1. The molecule has 10 heteroatoms. The summed E-state index contributed by atoms with van der Waals surface area (Å²) in [4.78, 5) is 52.3. The number of likely N-dealkylation sites (N-methyl/N-ethyl adjacent to an activating group) is 1. The SMILES string of the molecule is CNCC(=O)NC(C(=O)N1CCCC1CN(CCc1ccccc1)C(=O)c1cn2cccnc2n1)C(C)(C)C. The van der Waals surface area contributed by atoms with Crippen LogP contribution in [0.5, 0.6) is 0 Å². The van der Waals surface area contributed by atoms with Crippen molar-refractivity contribution in [3.05, 3.63) is 66.2 Å². The third-order valence-corrected chi connectivity index (χ3v) is 7.10. The molecule has 0 saturated carbocycles. The molecule has 0 radical (unpaired) electrons. The fraction of sp³-hybridized carbons (Fsp3) is 0.483. The van der Waals surface area contributed by atoms with Crippen LogP contribution in [-0.2, 0) is 16.0 Å². The summed E-state index contributed by atoms with van der Waals surface area (Å²) < 4.78 is 1.73. The van der Waals surface area contributed by atoms with E-state index in [0.717, 1.165) is 18.4 Å². The van der Waals surface area contributed by atoms with Crippen LogP contribution in [0.4, 0.5) is 0 Å². The number of hydrogen-bond acceptors (Lipinski definition) is 6. The lowest BCUT2D eigenvalue weighted by atomic mass is 9.85. The molecule has 1 aliphatic rings. The largest absolute Gasteiger partial charge is 0.343 e. The Bertz CT molecular complexity index is 1250. The summed E-state index contributed by atoms with van der Waals surface area (Å²) in [5, 5.41) is 5.77. The number of nitrogens with one attached hydrogen (secondary N) is 2. The number of carbonyl (C=O) groups is 3. The van der Waals surface area contributed by atoms with Gasteiger partial charge in [0.1, 0.15) is 11.7 Å². The van der Waals surface area contributed by atoms with E-state index >= 15 is 0 Å². The maximum Gasteiger partial charge on any atom is 0.274 e. The van der Waals surface area contributed by atoms with Gasteiger partial charge in [-0.05, 0) is 43.4 Å². The number of nitrogens with zero attached hydrogens (tertiary/aromatic N) is 5. The van der Waals surface area contributed by atoms with Gasteiger partial charge in [-0.3, -0.25) is 18.8 Å². The van der Waals surface area contributed by atoms with Gasteiger partial charge in [-0.2, -0.15) is 0 Å². The second-order valence-corrected chi connectivity index (χ2v) is 11.2. The number of rotatable bonds is 10.